The highest BCUT2D eigenvalue weighted by Gasteiger charge is 2.28. The van der Waals surface area contributed by atoms with Gasteiger partial charge in [-0.25, -0.2) is 4.39 Å². The predicted molar refractivity (Wildman–Crippen MR) is 101 cm³/mol. The number of Topliss-reactive ketones (excluding diaryl/α,β-unsaturated/α-hetero) is 1. The van der Waals surface area contributed by atoms with Crippen LogP contribution in [0.4, 0.5) is 4.39 Å². The zero-order valence-corrected chi connectivity index (χ0v) is 15.5. The van der Waals surface area contributed by atoms with Crippen LogP contribution in [-0.4, -0.2) is 60.0 Å². The Bertz CT molecular complexity index is 741. The van der Waals surface area contributed by atoms with Crippen LogP contribution in [0, 0.1) is 5.82 Å². The van der Waals surface area contributed by atoms with Gasteiger partial charge in [-0.05, 0) is 48.9 Å². The lowest BCUT2D eigenvalue weighted by Gasteiger charge is -2.38. The first-order valence-corrected chi connectivity index (χ1v) is 9.17. The van der Waals surface area contributed by atoms with Gasteiger partial charge in [0.1, 0.15) is 23.9 Å². The van der Waals surface area contributed by atoms with Gasteiger partial charge in [0.2, 0.25) is 0 Å². The number of aromatic hydroxyl groups is 1. The maximum Gasteiger partial charge on any atom is 0.151 e. The van der Waals surface area contributed by atoms with E-state index in [-0.39, 0.29) is 23.4 Å². The van der Waals surface area contributed by atoms with Crippen LogP contribution in [0.15, 0.2) is 48.5 Å². The van der Waals surface area contributed by atoms with Crippen LogP contribution in [0.5, 0.6) is 11.5 Å². The van der Waals surface area contributed by atoms with E-state index in [1.165, 1.54) is 12.1 Å². The average Bonchev–Trinajstić information content (AvgIpc) is 2.66. The highest BCUT2D eigenvalue weighted by Crippen LogP contribution is 2.25. The van der Waals surface area contributed by atoms with Crippen molar-refractivity contribution in [1.29, 1.82) is 0 Å². The number of carbonyl (C=O) groups is 1. The molecule has 1 saturated heterocycles. The fraction of sp³-hybridized carbons (Fsp3) is 0.381. The number of ketones is 1. The molecule has 0 radical (unpaired) electrons. The van der Waals surface area contributed by atoms with Crippen molar-refractivity contribution >= 4 is 5.78 Å². The van der Waals surface area contributed by atoms with E-state index in [1.54, 1.807) is 31.2 Å². The number of piperazine rings is 1. The number of hydrogen-bond donors (Lipinski definition) is 1. The van der Waals surface area contributed by atoms with E-state index in [9.17, 15) is 14.3 Å². The van der Waals surface area contributed by atoms with Gasteiger partial charge in [0.25, 0.3) is 0 Å². The van der Waals surface area contributed by atoms with Crippen LogP contribution < -0.4 is 4.74 Å². The first-order valence-electron chi connectivity index (χ1n) is 9.17. The molecule has 0 spiro atoms. The third-order valence-corrected chi connectivity index (χ3v) is 4.86. The number of benzene rings is 2. The summed E-state index contributed by atoms with van der Waals surface area (Å²) in [7, 11) is 0. The van der Waals surface area contributed by atoms with E-state index >= 15 is 0 Å². The molecule has 2 aromatic rings. The molecule has 1 aliphatic heterocycles. The van der Waals surface area contributed by atoms with E-state index in [1.807, 2.05) is 12.1 Å². The minimum absolute atomic E-state index is 0.105. The van der Waals surface area contributed by atoms with Crippen molar-refractivity contribution in [2.45, 2.75) is 13.0 Å². The largest absolute Gasteiger partial charge is 0.508 e. The van der Waals surface area contributed by atoms with Crippen molar-refractivity contribution in [2.24, 2.45) is 0 Å². The van der Waals surface area contributed by atoms with Crippen LogP contribution >= 0.6 is 0 Å². The molecule has 144 valence electrons. The fourth-order valence-electron chi connectivity index (χ4n) is 3.43. The molecular formula is C21H25FN2O3. The number of carbonyl (C=O) groups excluding carboxylic acids is 1. The molecule has 0 aromatic heterocycles. The lowest BCUT2D eigenvalue weighted by atomic mass is 10.0. The monoisotopic (exact) mass is 372 g/mol. The molecule has 1 unspecified atom stereocenters. The smallest absolute Gasteiger partial charge is 0.151 e. The molecule has 1 aliphatic rings. The first kappa shape index (κ1) is 19.3. The molecule has 1 N–H and O–H groups in total. The van der Waals surface area contributed by atoms with Crippen molar-refractivity contribution in [3.8, 4) is 11.5 Å². The van der Waals surface area contributed by atoms with Crippen LogP contribution in [0.3, 0.4) is 0 Å². The van der Waals surface area contributed by atoms with Gasteiger partial charge in [-0.2, -0.15) is 0 Å². The molecular weight excluding hydrogens is 347 g/mol. The third-order valence-electron chi connectivity index (χ3n) is 4.86. The van der Waals surface area contributed by atoms with E-state index in [0.717, 1.165) is 38.3 Å². The number of rotatable bonds is 7. The van der Waals surface area contributed by atoms with Crippen LogP contribution in [0.25, 0.3) is 0 Å². The number of nitrogens with zero attached hydrogens (tertiary/aromatic N) is 2. The summed E-state index contributed by atoms with van der Waals surface area (Å²) in [6.45, 7) is 6.24. The molecule has 1 fully saturated rings. The van der Waals surface area contributed by atoms with E-state index in [2.05, 4.69) is 9.80 Å². The van der Waals surface area contributed by atoms with Crippen molar-refractivity contribution in [1.82, 2.24) is 9.80 Å². The Kier molecular flexibility index (Phi) is 6.42. The highest BCUT2D eigenvalue weighted by atomic mass is 19.1. The van der Waals surface area contributed by atoms with Gasteiger partial charge in [0, 0.05) is 32.7 Å². The van der Waals surface area contributed by atoms with Gasteiger partial charge >= 0.3 is 0 Å². The number of hydrogen-bond acceptors (Lipinski definition) is 5. The number of phenols is 1. The Morgan fingerprint density at radius 3 is 2.30 bits per heavy atom. The normalized spacial score (nSPS) is 16.8. The molecule has 3 rings (SSSR count). The first-order chi connectivity index (χ1) is 13.0. The van der Waals surface area contributed by atoms with Crippen molar-refractivity contribution in [2.75, 3.05) is 39.3 Å². The second-order valence-electron chi connectivity index (χ2n) is 6.78. The Hall–Kier alpha value is -2.44. The topological polar surface area (TPSA) is 53.0 Å². The second kappa shape index (κ2) is 8.97. The van der Waals surface area contributed by atoms with E-state index in [4.69, 9.17) is 4.74 Å². The van der Waals surface area contributed by atoms with Gasteiger partial charge in [-0.1, -0.05) is 12.1 Å². The molecule has 0 bridgehead atoms. The number of ether oxygens (including phenoxy) is 1. The summed E-state index contributed by atoms with van der Waals surface area (Å²) in [5.41, 5.74) is 0.911. The van der Waals surface area contributed by atoms with Crippen molar-refractivity contribution in [3.05, 3.63) is 59.9 Å². The maximum absolute atomic E-state index is 12.9. The molecule has 27 heavy (non-hydrogen) atoms. The van der Waals surface area contributed by atoms with Crippen LogP contribution in [0.1, 0.15) is 18.5 Å². The average molecular weight is 372 g/mol. The third kappa shape index (κ3) is 5.28. The number of phenolic OH excluding ortho intramolecular Hbond substituents is 1. The predicted octanol–water partition coefficient (Wildman–Crippen LogP) is 2.86. The fourth-order valence-corrected chi connectivity index (χ4v) is 3.43. The van der Waals surface area contributed by atoms with Crippen molar-refractivity contribution in [3.63, 3.8) is 0 Å². The van der Waals surface area contributed by atoms with Gasteiger partial charge in [0.05, 0.1) is 6.04 Å². The lowest BCUT2D eigenvalue weighted by Crippen LogP contribution is -2.49. The molecule has 0 aliphatic carbocycles. The Morgan fingerprint density at radius 1 is 1.07 bits per heavy atom. The summed E-state index contributed by atoms with van der Waals surface area (Å²) in [5, 5.41) is 9.46. The standard InChI is InChI=1S/C21H25FN2O3/c1-16(25)21(17-2-6-19(26)7-3-17)24-12-10-23(11-13-24)14-15-27-20-8-4-18(22)5-9-20/h2-9,21,26H,10-15H2,1H3. The summed E-state index contributed by atoms with van der Waals surface area (Å²) < 4.78 is 18.6. The van der Waals surface area contributed by atoms with E-state index in [0.29, 0.717) is 12.4 Å². The minimum Gasteiger partial charge on any atom is -0.508 e. The maximum atomic E-state index is 12.9. The number of halogens is 1. The summed E-state index contributed by atoms with van der Waals surface area (Å²) in [5.74, 6) is 0.701. The van der Waals surface area contributed by atoms with Crippen LogP contribution in [0.2, 0.25) is 0 Å². The van der Waals surface area contributed by atoms with Gasteiger partial charge in [-0.3, -0.25) is 14.6 Å². The van der Waals surface area contributed by atoms with Crippen molar-refractivity contribution < 1.29 is 19.0 Å². The second-order valence-corrected chi connectivity index (χ2v) is 6.78. The molecule has 5 nitrogen and oxygen atoms in total. The summed E-state index contributed by atoms with van der Waals surface area (Å²) in [6.07, 6.45) is 0. The van der Waals surface area contributed by atoms with Gasteiger partial charge < -0.3 is 9.84 Å². The molecule has 1 atom stereocenters. The molecule has 1 heterocycles. The van der Waals surface area contributed by atoms with Gasteiger partial charge in [0.15, 0.2) is 5.78 Å². The summed E-state index contributed by atoms with van der Waals surface area (Å²) >= 11 is 0. The Morgan fingerprint density at radius 2 is 1.70 bits per heavy atom. The molecule has 0 saturated carbocycles. The zero-order chi connectivity index (χ0) is 19.2. The Balaban J connectivity index is 1.49. The van der Waals surface area contributed by atoms with E-state index < -0.39 is 0 Å². The van der Waals surface area contributed by atoms with Crippen LogP contribution in [-0.2, 0) is 4.79 Å². The Labute approximate surface area is 159 Å². The summed E-state index contributed by atoms with van der Waals surface area (Å²) in [4.78, 5) is 16.7. The quantitative estimate of drug-likeness (QED) is 0.810. The molecule has 0 amide bonds. The SMILES string of the molecule is CC(=O)C(c1ccc(O)cc1)N1CCN(CCOc2ccc(F)cc2)CC1. The molecule has 2 aromatic carbocycles. The zero-order valence-electron chi connectivity index (χ0n) is 15.5. The molecule has 6 heteroatoms. The highest BCUT2D eigenvalue weighted by molar-refractivity contribution is 5.83. The minimum atomic E-state index is -0.275. The van der Waals surface area contributed by atoms with Gasteiger partial charge in [-0.15, -0.1) is 0 Å². The lowest BCUT2D eigenvalue weighted by molar-refractivity contribution is -0.123. The summed E-state index contributed by atoms with van der Waals surface area (Å²) in [6, 6.07) is 12.6.